The standard InChI is InChI=1S/C22H27N3O6S/c1-25(15-21(26)24-17-7-4-8-18(13-17)30-2)22(27)16-6-3-10-20(12-16)32(28,29)23-14-19-9-5-11-31-19/h3-4,6-8,10,12-13,19,23H,5,9,11,14-15H2,1-2H3,(H,24,26). The van der Waals surface area contributed by atoms with Gasteiger partial charge in [-0.25, -0.2) is 13.1 Å². The van der Waals surface area contributed by atoms with Crippen LogP contribution in [0.15, 0.2) is 53.4 Å². The van der Waals surface area contributed by atoms with Crippen molar-refractivity contribution in [1.29, 1.82) is 0 Å². The highest BCUT2D eigenvalue weighted by Gasteiger charge is 2.22. The number of ether oxygens (including phenoxy) is 2. The smallest absolute Gasteiger partial charge is 0.254 e. The summed E-state index contributed by atoms with van der Waals surface area (Å²) in [5.74, 6) is -0.267. The number of sulfonamides is 1. The molecule has 0 aliphatic carbocycles. The quantitative estimate of drug-likeness (QED) is 0.589. The molecular weight excluding hydrogens is 434 g/mol. The van der Waals surface area contributed by atoms with Gasteiger partial charge in [0.2, 0.25) is 15.9 Å². The van der Waals surface area contributed by atoms with E-state index >= 15 is 0 Å². The Hall–Kier alpha value is -2.95. The third-order valence-corrected chi connectivity index (χ3v) is 6.42. The maximum atomic E-state index is 12.8. The summed E-state index contributed by atoms with van der Waals surface area (Å²) in [5, 5.41) is 2.70. The zero-order valence-corrected chi connectivity index (χ0v) is 18.9. The van der Waals surface area contributed by atoms with E-state index in [-0.39, 0.29) is 29.7 Å². The molecule has 10 heteroatoms. The fourth-order valence-corrected chi connectivity index (χ4v) is 4.41. The molecule has 9 nitrogen and oxygen atoms in total. The molecule has 2 aromatic rings. The minimum absolute atomic E-state index is 0.0180. The van der Waals surface area contributed by atoms with Crippen LogP contribution < -0.4 is 14.8 Å². The van der Waals surface area contributed by atoms with Gasteiger partial charge in [-0.1, -0.05) is 12.1 Å². The average molecular weight is 462 g/mol. The Morgan fingerprint density at radius 3 is 2.69 bits per heavy atom. The van der Waals surface area contributed by atoms with E-state index in [2.05, 4.69) is 10.0 Å². The topological polar surface area (TPSA) is 114 Å². The molecule has 1 aliphatic rings. The lowest BCUT2D eigenvalue weighted by Gasteiger charge is -2.18. The number of hydrogen-bond acceptors (Lipinski definition) is 6. The van der Waals surface area contributed by atoms with Crippen molar-refractivity contribution < 1.29 is 27.5 Å². The van der Waals surface area contributed by atoms with Crippen molar-refractivity contribution in [2.75, 3.05) is 39.2 Å². The second-order valence-corrected chi connectivity index (χ2v) is 9.22. The maximum Gasteiger partial charge on any atom is 0.254 e. The summed E-state index contributed by atoms with van der Waals surface area (Å²) in [4.78, 5) is 26.3. The number of benzene rings is 2. The van der Waals surface area contributed by atoms with Gasteiger partial charge >= 0.3 is 0 Å². The van der Waals surface area contributed by atoms with E-state index in [0.717, 1.165) is 12.8 Å². The Labute approximate surface area is 187 Å². The average Bonchev–Trinajstić information content (AvgIpc) is 3.31. The first-order chi connectivity index (χ1) is 15.3. The van der Waals surface area contributed by atoms with Crippen molar-refractivity contribution in [3.05, 3.63) is 54.1 Å². The predicted molar refractivity (Wildman–Crippen MR) is 119 cm³/mol. The SMILES string of the molecule is COc1cccc(NC(=O)CN(C)C(=O)c2cccc(S(=O)(=O)NCC3CCCO3)c2)c1. The molecule has 3 rings (SSSR count). The van der Waals surface area contributed by atoms with Gasteiger partial charge in [0.15, 0.2) is 0 Å². The summed E-state index contributed by atoms with van der Waals surface area (Å²) >= 11 is 0. The number of hydrogen-bond donors (Lipinski definition) is 2. The second-order valence-electron chi connectivity index (χ2n) is 7.46. The fraction of sp³-hybridized carbons (Fsp3) is 0.364. The van der Waals surface area contributed by atoms with Crippen LogP contribution in [-0.4, -0.2) is 65.1 Å². The van der Waals surface area contributed by atoms with Gasteiger partial charge in [-0.3, -0.25) is 9.59 Å². The van der Waals surface area contributed by atoms with Crippen LogP contribution in [0.4, 0.5) is 5.69 Å². The van der Waals surface area contributed by atoms with E-state index in [4.69, 9.17) is 9.47 Å². The highest BCUT2D eigenvalue weighted by Crippen LogP contribution is 2.17. The molecular formula is C22H27N3O6S. The van der Waals surface area contributed by atoms with E-state index in [0.29, 0.717) is 18.0 Å². The summed E-state index contributed by atoms with van der Waals surface area (Å²) in [7, 11) is -0.788. The molecule has 2 N–H and O–H groups in total. The Morgan fingerprint density at radius 1 is 1.19 bits per heavy atom. The van der Waals surface area contributed by atoms with Crippen LogP contribution in [0.5, 0.6) is 5.75 Å². The lowest BCUT2D eigenvalue weighted by Crippen LogP contribution is -2.35. The number of carbonyl (C=O) groups excluding carboxylic acids is 2. The molecule has 1 unspecified atom stereocenters. The number of likely N-dealkylation sites (N-methyl/N-ethyl adjacent to an activating group) is 1. The summed E-state index contributed by atoms with van der Waals surface area (Å²) in [6, 6.07) is 12.6. The third kappa shape index (κ3) is 6.28. The first-order valence-electron chi connectivity index (χ1n) is 10.2. The van der Waals surface area contributed by atoms with Crippen molar-refractivity contribution in [1.82, 2.24) is 9.62 Å². The monoisotopic (exact) mass is 461 g/mol. The molecule has 0 saturated carbocycles. The van der Waals surface area contributed by atoms with Gasteiger partial charge in [-0.15, -0.1) is 0 Å². The number of amides is 2. The fourth-order valence-electron chi connectivity index (χ4n) is 3.30. The van der Waals surface area contributed by atoms with Crippen molar-refractivity contribution >= 4 is 27.5 Å². The normalized spacial score (nSPS) is 15.9. The Balaban J connectivity index is 1.61. The van der Waals surface area contributed by atoms with E-state index in [9.17, 15) is 18.0 Å². The molecule has 0 aromatic heterocycles. The first-order valence-corrected chi connectivity index (χ1v) is 11.7. The lowest BCUT2D eigenvalue weighted by atomic mass is 10.2. The molecule has 0 spiro atoms. The molecule has 0 radical (unpaired) electrons. The zero-order chi connectivity index (χ0) is 23.1. The Morgan fingerprint density at radius 2 is 1.97 bits per heavy atom. The first kappa shape index (κ1) is 23.7. The summed E-state index contributed by atoms with van der Waals surface area (Å²) in [5.41, 5.74) is 0.710. The van der Waals surface area contributed by atoms with E-state index < -0.39 is 21.8 Å². The van der Waals surface area contributed by atoms with Gasteiger partial charge in [0.1, 0.15) is 5.75 Å². The van der Waals surface area contributed by atoms with Crippen LogP contribution in [-0.2, 0) is 19.6 Å². The maximum absolute atomic E-state index is 12.8. The van der Waals surface area contributed by atoms with E-state index in [1.165, 1.54) is 43.3 Å². The van der Waals surface area contributed by atoms with E-state index in [1.807, 2.05) is 0 Å². The Bertz CT molecular complexity index is 1070. The van der Waals surface area contributed by atoms with Gasteiger partial charge in [-0.2, -0.15) is 0 Å². The van der Waals surface area contributed by atoms with Crippen molar-refractivity contribution in [2.45, 2.75) is 23.8 Å². The van der Waals surface area contributed by atoms with Crippen LogP contribution in [0.3, 0.4) is 0 Å². The number of rotatable bonds is 9. The van der Waals surface area contributed by atoms with Crippen LogP contribution in [0.25, 0.3) is 0 Å². The molecule has 1 saturated heterocycles. The molecule has 2 amide bonds. The summed E-state index contributed by atoms with van der Waals surface area (Å²) in [6.07, 6.45) is 1.58. The minimum Gasteiger partial charge on any atom is -0.497 e. The number of anilines is 1. The number of nitrogens with one attached hydrogen (secondary N) is 2. The van der Waals surface area contributed by atoms with Crippen molar-refractivity contribution in [3.63, 3.8) is 0 Å². The van der Waals surface area contributed by atoms with Crippen molar-refractivity contribution in [3.8, 4) is 5.75 Å². The van der Waals surface area contributed by atoms with Crippen LogP contribution in [0, 0.1) is 0 Å². The van der Waals surface area contributed by atoms with Crippen molar-refractivity contribution in [2.24, 2.45) is 0 Å². The highest BCUT2D eigenvalue weighted by molar-refractivity contribution is 7.89. The molecule has 0 bridgehead atoms. The van der Waals surface area contributed by atoms with E-state index in [1.54, 1.807) is 24.3 Å². The molecule has 1 aliphatic heterocycles. The highest BCUT2D eigenvalue weighted by atomic mass is 32.2. The third-order valence-electron chi connectivity index (χ3n) is 5.00. The van der Waals surface area contributed by atoms with Gasteiger partial charge in [0.05, 0.1) is 24.7 Å². The van der Waals surface area contributed by atoms with Gasteiger partial charge in [-0.05, 0) is 43.2 Å². The zero-order valence-electron chi connectivity index (χ0n) is 18.0. The molecule has 172 valence electrons. The lowest BCUT2D eigenvalue weighted by molar-refractivity contribution is -0.116. The Kier molecular flexibility index (Phi) is 7.84. The molecule has 1 atom stereocenters. The van der Waals surface area contributed by atoms with Gasteiger partial charge in [0, 0.05) is 37.5 Å². The van der Waals surface area contributed by atoms with Gasteiger partial charge < -0.3 is 19.7 Å². The number of methoxy groups -OCH3 is 1. The second kappa shape index (κ2) is 10.6. The number of nitrogens with zero attached hydrogens (tertiary/aromatic N) is 1. The van der Waals surface area contributed by atoms with Gasteiger partial charge in [0.25, 0.3) is 5.91 Å². The van der Waals surface area contributed by atoms with Crippen LogP contribution >= 0.6 is 0 Å². The molecule has 32 heavy (non-hydrogen) atoms. The number of carbonyl (C=O) groups is 2. The van der Waals surface area contributed by atoms with Crippen LogP contribution in [0.1, 0.15) is 23.2 Å². The minimum atomic E-state index is -3.79. The summed E-state index contributed by atoms with van der Waals surface area (Å²) < 4.78 is 38.3. The van der Waals surface area contributed by atoms with Crippen LogP contribution in [0.2, 0.25) is 0 Å². The molecule has 2 aromatic carbocycles. The molecule has 1 fully saturated rings. The predicted octanol–water partition coefficient (Wildman–Crippen LogP) is 1.86. The largest absolute Gasteiger partial charge is 0.497 e. The summed E-state index contributed by atoms with van der Waals surface area (Å²) in [6.45, 7) is 0.614. The molecule has 1 heterocycles.